The van der Waals surface area contributed by atoms with Gasteiger partial charge in [-0.05, 0) is 43.3 Å². The molecule has 2 aliphatic carbocycles. The van der Waals surface area contributed by atoms with Crippen LogP contribution in [0.2, 0.25) is 0 Å². The molecule has 0 radical (unpaired) electrons. The second-order valence-corrected chi connectivity index (χ2v) is 4.36. The highest BCUT2D eigenvalue weighted by molar-refractivity contribution is 5.35. The highest BCUT2D eigenvalue weighted by Crippen LogP contribution is 2.37. The monoisotopic (exact) mass is 176 g/mol. The maximum Gasteiger partial charge on any atom is 0.0833 e. The molecule has 3 aliphatic rings. The summed E-state index contributed by atoms with van der Waals surface area (Å²) in [7, 11) is 0. The van der Waals surface area contributed by atoms with Gasteiger partial charge in [0.05, 0.1) is 12.2 Å². The lowest BCUT2D eigenvalue weighted by Crippen LogP contribution is -2.30. The molecule has 0 amide bonds. The van der Waals surface area contributed by atoms with Gasteiger partial charge in [0.1, 0.15) is 0 Å². The van der Waals surface area contributed by atoms with Crippen molar-refractivity contribution in [2.24, 2.45) is 0 Å². The Morgan fingerprint density at radius 3 is 3.15 bits per heavy atom. The van der Waals surface area contributed by atoms with Gasteiger partial charge < -0.3 is 4.74 Å². The molecule has 70 valence electrons. The summed E-state index contributed by atoms with van der Waals surface area (Å²) < 4.78 is 6.08. The zero-order chi connectivity index (χ0) is 8.67. The maximum absolute atomic E-state index is 6.08. The topological polar surface area (TPSA) is 9.23 Å². The number of rotatable bonds is 0. The molecule has 3 rings (SSSR count). The Hall–Kier alpha value is -0.560. The number of fused-ring (bicyclic) bond motifs is 2. The van der Waals surface area contributed by atoms with Gasteiger partial charge >= 0.3 is 0 Å². The third-order valence-electron chi connectivity index (χ3n) is 3.46. The molecule has 0 aromatic rings. The first-order valence-corrected chi connectivity index (χ1v) is 5.49. The fraction of sp³-hybridized carbons (Fsp3) is 0.667. The van der Waals surface area contributed by atoms with Crippen molar-refractivity contribution >= 4 is 0 Å². The summed E-state index contributed by atoms with van der Waals surface area (Å²) in [4.78, 5) is 0. The number of hydrogen-bond donors (Lipinski definition) is 0. The van der Waals surface area contributed by atoms with Crippen LogP contribution in [0, 0.1) is 0 Å². The average Bonchev–Trinajstić information content (AvgIpc) is 2.61. The molecular weight excluding hydrogens is 160 g/mol. The Balaban J connectivity index is 1.90. The van der Waals surface area contributed by atoms with Gasteiger partial charge in [0.2, 0.25) is 0 Å². The first-order valence-electron chi connectivity index (χ1n) is 5.49. The van der Waals surface area contributed by atoms with E-state index >= 15 is 0 Å². The normalized spacial score (nSPS) is 37.5. The molecule has 1 heteroatoms. The first kappa shape index (κ1) is 7.81. The Morgan fingerprint density at radius 2 is 2.15 bits per heavy atom. The van der Waals surface area contributed by atoms with Crippen LogP contribution in [0.15, 0.2) is 23.3 Å². The second-order valence-electron chi connectivity index (χ2n) is 4.36. The van der Waals surface area contributed by atoms with Crippen LogP contribution in [0.1, 0.15) is 38.5 Å². The molecule has 0 spiro atoms. The summed E-state index contributed by atoms with van der Waals surface area (Å²) in [5, 5.41) is 0. The van der Waals surface area contributed by atoms with E-state index in [0.29, 0.717) is 12.2 Å². The van der Waals surface area contributed by atoms with Gasteiger partial charge in [-0.1, -0.05) is 18.6 Å². The van der Waals surface area contributed by atoms with Crippen LogP contribution in [0.4, 0.5) is 0 Å². The van der Waals surface area contributed by atoms with Gasteiger partial charge in [-0.3, -0.25) is 0 Å². The summed E-state index contributed by atoms with van der Waals surface area (Å²) >= 11 is 0. The largest absolute Gasteiger partial charge is 0.366 e. The molecule has 1 saturated carbocycles. The third kappa shape index (κ3) is 1.26. The van der Waals surface area contributed by atoms with E-state index in [2.05, 4.69) is 12.2 Å². The van der Waals surface area contributed by atoms with Crippen molar-refractivity contribution in [1.29, 1.82) is 0 Å². The maximum atomic E-state index is 6.08. The zero-order valence-electron chi connectivity index (χ0n) is 7.96. The smallest absolute Gasteiger partial charge is 0.0833 e. The first-order chi connectivity index (χ1) is 6.43. The molecule has 1 fully saturated rings. The molecule has 1 heterocycles. The van der Waals surface area contributed by atoms with Crippen LogP contribution in [0.5, 0.6) is 0 Å². The van der Waals surface area contributed by atoms with Crippen molar-refractivity contribution in [3.63, 3.8) is 0 Å². The van der Waals surface area contributed by atoms with Gasteiger partial charge in [-0.2, -0.15) is 0 Å². The summed E-state index contributed by atoms with van der Waals surface area (Å²) in [6.45, 7) is 0. The molecule has 0 saturated heterocycles. The average molecular weight is 176 g/mol. The van der Waals surface area contributed by atoms with Crippen molar-refractivity contribution < 1.29 is 4.74 Å². The van der Waals surface area contributed by atoms with Crippen molar-refractivity contribution in [2.45, 2.75) is 50.7 Å². The van der Waals surface area contributed by atoms with Gasteiger partial charge in [-0.25, -0.2) is 0 Å². The predicted molar refractivity (Wildman–Crippen MR) is 52.5 cm³/mol. The Bertz CT molecular complexity index is 275. The Morgan fingerprint density at radius 1 is 1.15 bits per heavy atom. The molecular formula is C12H16O. The summed E-state index contributed by atoms with van der Waals surface area (Å²) in [6.07, 6.45) is 13.4. The number of hydrogen-bond acceptors (Lipinski definition) is 1. The van der Waals surface area contributed by atoms with E-state index in [-0.39, 0.29) is 0 Å². The minimum atomic E-state index is 0.451. The van der Waals surface area contributed by atoms with Crippen molar-refractivity contribution in [3.8, 4) is 0 Å². The van der Waals surface area contributed by atoms with Gasteiger partial charge in [0.15, 0.2) is 0 Å². The molecule has 0 unspecified atom stereocenters. The van der Waals surface area contributed by atoms with Crippen LogP contribution in [-0.2, 0) is 4.74 Å². The summed E-state index contributed by atoms with van der Waals surface area (Å²) in [5.41, 5.74) is 3.03. The summed E-state index contributed by atoms with van der Waals surface area (Å²) in [6, 6.07) is 0. The molecule has 2 atom stereocenters. The van der Waals surface area contributed by atoms with Crippen molar-refractivity contribution in [1.82, 2.24) is 0 Å². The lowest BCUT2D eigenvalue weighted by Gasteiger charge is -2.33. The predicted octanol–water partition coefficient (Wildman–Crippen LogP) is 2.97. The van der Waals surface area contributed by atoms with E-state index in [1.165, 1.54) is 44.1 Å². The van der Waals surface area contributed by atoms with Gasteiger partial charge in [0, 0.05) is 0 Å². The van der Waals surface area contributed by atoms with E-state index in [1.807, 2.05) is 0 Å². The SMILES string of the molecule is C1=C2C=C3CCCC[C@H]3O[C@@H]2CC1. The molecule has 1 aliphatic heterocycles. The number of allylic oxidation sites excluding steroid dienone is 1. The quantitative estimate of drug-likeness (QED) is 0.551. The fourth-order valence-corrected chi connectivity index (χ4v) is 2.74. The number of ether oxygens (including phenoxy) is 1. The summed E-state index contributed by atoms with van der Waals surface area (Å²) in [5.74, 6) is 0. The van der Waals surface area contributed by atoms with Crippen LogP contribution < -0.4 is 0 Å². The second kappa shape index (κ2) is 2.98. The highest BCUT2D eigenvalue weighted by atomic mass is 16.5. The molecule has 1 nitrogen and oxygen atoms in total. The van der Waals surface area contributed by atoms with Gasteiger partial charge in [0.25, 0.3) is 0 Å². The van der Waals surface area contributed by atoms with Crippen molar-refractivity contribution in [3.05, 3.63) is 23.3 Å². The lowest BCUT2D eigenvalue weighted by molar-refractivity contribution is 0.0102. The van der Waals surface area contributed by atoms with E-state index in [4.69, 9.17) is 4.74 Å². The van der Waals surface area contributed by atoms with E-state index in [0.717, 1.165) is 0 Å². The molecule has 0 bridgehead atoms. The molecule has 0 aromatic heterocycles. The van der Waals surface area contributed by atoms with Crippen LogP contribution in [-0.4, -0.2) is 12.2 Å². The molecule has 0 N–H and O–H groups in total. The van der Waals surface area contributed by atoms with Crippen LogP contribution in [0.25, 0.3) is 0 Å². The Kier molecular flexibility index (Phi) is 1.79. The molecule has 0 aromatic carbocycles. The van der Waals surface area contributed by atoms with Crippen molar-refractivity contribution in [2.75, 3.05) is 0 Å². The third-order valence-corrected chi connectivity index (χ3v) is 3.46. The minimum Gasteiger partial charge on any atom is -0.366 e. The van der Waals surface area contributed by atoms with Gasteiger partial charge in [-0.15, -0.1) is 0 Å². The lowest BCUT2D eigenvalue weighted by atomic mass is 9.88. The highest BCUT2D eigenvalue weighted by Gasteiger charge is 2.30. The van der Waals surface area contributed by atoms with E-state index in [1.54, 1.807) is 5.57 Å². The van der Waals surface area contributed by atoms with E-state index < -0.39 is 0 Å². The molecule has 13 heavy (non-hydrogen) atoms. The Labute approximate surface area is 79.5 Å². The standard InChI is InChI=1S/C12H16O/c1-2-6-11-9(4-1)8-10-5-3-7-12(10)13-11/h5,8,11-12H,1-4,6-7H2/t11-,12-/m1/s1. The van der Waals surface area contributed by atoms with Crippen LogP contribution >= 0.6 is 0 Å². The van der Waals surface area contributed by atoms with Crippen LogP contribution in [0.3, 0.4) is 0 Å². The van der Waals surface area contributed by atoms with E-state index in [9.17, 15) is 0 Å². The minimum absolute atomic E-state index is 0.451. The zero-order valence-corrected chi connectivity index (χ0v) is 7.96. The fourth-order valence-electron chi connectivity index (χ4n) is 2.74.